The van der Waals surface area contributed by atoms with E-state index in [-0.39, 0.29) is 17.2 Å². The van der Waals surface area contributed by atoms with E-state index in [1.54, 1.807) is 7.11 Å². The maximum absolute atomic E-state index is 11.2. The zero-order valence-electron chi connectivity index (χ0n) is 10.4. The summed E-state index contributed by atoms with van der Waals surface area (Å²) in [5.74, 6) is 0.661. The lowest BCUT2D eigenvalue weighted by Gasteiger charge is -2.27. The molecule has 0 radical (unpaired) electrons. The zero-order chi connectivity index (χ0) is 12.9. The standard InChI is InChI=1S/C13H18ClNO2/c1-13(2,9-15-12(16)8-14)10-6-4-5-7-11(10)17-3/h4-7H,8-9H2,1-3H3,(H,15,16). The Bertz CT molecular complexity index is 391. The normalized spacial score (nSPS) is 11.1. The van der Waals surface area contributed by atoms with Gasteiger partial charge in [0, 0.05) is 17.5 Å². The highest BCUT2D eigenvalue weighted by atomic mass is 35.5. The highest BCUT2D eigenvalue weighted by molar-refractivity contribution is 6.27. The summed E-state index contributed by atoms with van der Waals surface area (Å²) >= 11 is 5.45. The van der Waals surface area contributed by atoms with Gasteiger partial charge in [0.15, 0.2) is 0 Å². The maximum Gasteiger partial charge on any atom is 0.234 e. The minimum atomic E-state index is -0.200. The molecule has 1 amide bonds. The molecule has 0 aromatic heterocycles. The van der Waals surface area contributed by atoms with Gasteiger partial charge in [0.25, 0.3) is 0 Å². The molecular formula is C13H18ClNO2. The Morgan fingerprint density at radius 3 is 2.65 bits per heavy atom. The van der Waals surface area contributed by atoms with Crippen molar-refractivity contribution < 1.29 is 9.53 Å². The van der Waals surface area contributed by atoms with Crippen LogP contribution >= 0.6 is 11.6 Å². The smallest absolute Gasteiger partial charge is 0.234 e. The van der Waals surface area contributed by atoms with Gasteiger partial charge in [-0.15, -0.1) is 11.6 Å². The van der Waals surface area contributed by atoms with Gasteiger partial charge in [-0.05, 0) is 6.07 Å². The van der Waals surface area contributed by atoms with Crippen LogP contribution in [0.2, 0.25) is 0 Å². The van der Waals surface area contributed by atoms with Gasteiger partial charge in [-0.25, -0.2) is 0 Å². The Hall–Kier alpha value is -1.22. The Balaban J connectivity index is 2.84. The topological polar surface area (TPSA) is 38.3 Å². The second-order valence-corrected chi connectivity index (χ2v) is 4.76. The van der Waals surface area contributed by atoms with E-state index in [4.69, 9.17) is 16.3 Å². The van der Waals surface area contributed by atoms with Crippen LogP contribution < -0.4 is 10.1 Å². The molecule has 1 rings (SSSR count). The maximum atomic E-state index is 11.2. The van der Waals surface area contributed by atoms with E-state index in [1.165, 1.54) is 0 Å². The lowest BCUT2D eigenvalue weighted by atomic mass is 9.84. The number of rotatable bonds is 5. The molecule has 0 fully saturated rings. The summed E-state index contributed by atoms with van der Waals surface area (Å²) in [6, 6.07) is 7.81. The van der Waals surface area contributed by atoms with E-state index in [2.05, 4.69) is 19.2 Å². The molecule has 17 heavy (non-hydrogen) atoms. The summed E-state index contributed by atoms with van der Waals surface area (Å²) in [6.07, 6.45) is 0. The van der Waals surface area contributed by atoms with Crippen molar-refractivity contribution in [2.24, 2.45) is 0 Å². The predicted molar refractivity (Wildman–Crippen MR) is 69.7 cm³/mol. The van der Waals surface area contributed by atoms with E-state index in [0.29, 0.717) is 6.54 Å². The number of halogens is 1. The molecule has 0 atom stereocenters. The van der Waals surface area contributed by atoms with Crippen molar-refractivity contribution in [2.45, 2.75) is 19.3 Å². The van der Waals surface area contributed by atoms with Crippen molar-refractivity contribution in [3.63, 3.8) is 0 Å². The fourth-order valence-corrected chi connectivity index (χ4v) is 1.76. The number of hydrogen-bond acceptors (Lipinski definition) is 2. The molecule has 0 bridgehead atoms. The lowest BCUT2D eigenvalue weighted by molar-refractivity contribution is -0.118. The van der Waals surface area contributed by atoms with Crippen molar-refractivity contribution in [2.75, 3.05) is 19.5 Å². The second-order valence-electron chi connectivity index (χ2n) is 4.49. The molecule has 3 nitrogen and oxygen atoms in total. The molecule has 0 saturated carbocycles. The monoisotopic (exact) mass is 255 g/mol. The van der Waals surface area contributed by atoms with Crippen LogP contribution in [0.4, 0.5) is 0 Å². The Labute approximate surface area is 107 Å². The summed E-state index contributed by atoms with van der Waals surface area (Å²) in [5.41, 5.74) is 0.867. The quantitative estimate of drug-likeness (QED) is 0.820. The van der Waals surface area contributed by atoms with Crippen LogP contribution in [-0.2, 0) is 10.2 Å². The number of benzene rings is 1. The molecule has 0 heterocycles. The van der Waals surface area contributed by atoms with Crippen LogP contribution in [0.25, 0.3) is 0 Å². The number of alkyl halides is 1. The minimum absolute atomic E-state index is 0.0119. The third-order valence-electron chi connectivity index (χ3n) is 2.68. The van der Waals surface area contributed by atoms with Gasteiger partial charge in [0.2, 0.25) is 5.91 Å². The molecule has 0 aliphatic carbocycles. The first-order chi connectivity index (χ1) is 8.01. The first kappa shape index (κ1) is 13.8. The SMILES string of the molecule is COc1ccccc1C(C)(C)CNC(=O)CCl. The minimum Gasteiger partial charge on any atom is -0.496 e. The molecule has 0 unspecified atom stereocenters. The number of ether oxygens (including phenoxy) is 1. The van der Waals surface area contributed by atoms with Crippen LogP contribution in [0.1, 0.15) is 19.4 Å². The Kier molecular flexibility index (Phi) is 4.82. The largest absolute Gasteiger partial charge is 0.496 e. The number of carbonyl (C=O) groups excluding carboxylic acids is 1. The molecule has 4 heteroatoms. The lowest BCUT2D eigenvalue weighted by Crippen LogP contribution is -2.37. The Morgan fingerprint density at radius 2 is 2.06 bits per heavy atom. The van der Waals surface area contributed by atoms with Gasteiger partial charge in [-0.1, -0.05) is 32.0 Å². The van der Waals surface area contributed by atoms with E-state index in [9.17, 15) is 4.79 Å². The van der Waals surface area contributed by atoms with E-state index < -0.39 is 0 Å². The fourth-order valence-electron chi connectivity index (χ4n) is 1.67. The first-order valence-electron chi connectivity index (χ1n) is 5.47. The summed E-state index contributed by atoms with van der Waals surface area (Å²) in [4.78, 5) is 11.2. The van der Waals surface area contributed by atoms with Crippen LogP contribution in [0.15, 0.2) is 24.3 Å². The van der Waals surface area contributed by atoms with Crippen molar-refractivity contribution in [3.05, 3.63) is 29.8 Å². The molecule has 1 aromatic rings. The molecule has 0 spiro atoms. The molecule has 1 N–H and O–H groups in total. The van der Waals surface area contributed by atoms with Crippen LogP contribution in [0.3, 0.4) is 0 Å². The number of hydrogen-bond donors (Lipinski definition) is 1. The zero-order valence-corrected chi connectivity index (χ0v) is 11.2. The van der Waals surface area contributed by atoms with Crippen LogP contribution in [-0.4, -0.2) is 25.4 Å². The molecule has 0 aliphatic heterocycles. The van der Waals surface area contributed by atoms with Gasteiger partial charge in [-0.3, -0.25) is 4.79 Å². The van der Waals surface area contributed by atoms with E-state index in [0.717, 1.165) is 11.3 Å². The summed E-state index contributed by atoms with van der Waals surface area (Å²) in [7, 11) is 1.65. The van der Waals surface area contributed by atoms with E-state index in [1.807, 2.05) is 24.3 Å². The molecule has 94 valence electrons. The van der Waals surface area contributed by atoms with Crippen molar-refractivity contribution in [1.82, 2.24) is 5.32 Å². The second kappa shape index (κ2) is 5.92. The van der Waals surface area contributed by atoms with Crippen LogP contribution in [0, 0.1) is 0 Å². The first-order valence-corrected chi connectivity index (χ1v) is 6.01. The average Bonchev–Trinajstić information content (AvgIpc) is 2.35. The van der Waals surface area contributed by atoms with Crippen LogP contribution in [0.5, 0.6) is 5.75 Å². The average molecular weight is 256 g/mol. The third kappa shape index (κ3) is 3.63. The highest BCUT2D eigenvalue weighted by Crippen LogP contribution is 2.30. The predicted octanol–water partition coefficient (Wildman–Crippen LogP) is 2.33. The van der Waals surface area contributed by atoms with Gasteiger partial charge in [0.05, 0.1) is 7.11 Å². The van der Waals surface area contributed by atoms with E-state index >= 15 is 0 Å². The number of amides is 1. The van der Waals surface area contributed by atoms with Gasteiger partial charge in [0.1, 0.15) is 11.6 Å². The molecular weight excluding hydrogens is 238 g/mol. The van der Waals surface area contributed by atoms with Gasteiger partial charge in [-0.2, -0.15) is 0 Å². The van der Waals surface area contributed by atoms with Crippen molar-refractivity contribution >= 4 is 17.5 Å². The van der Waals surface area contributed by atoms with Crippen molar-refractivity contribution in [1.29, 1.82) is 0 Å². The van der Waals surface area contributed by atoms with Crippen molar-refractivity contribution in [3.8, 4) is 5.75 Å². The summed E-state index contributed by atoms with van der Waals surface area (Å²) in [5, 5.41) is 2.80. The van der Waals surface area contributed by atoms with Gasteiger partial charge < -0.3 is 10.1 Å². The number of para-hydroxylation sites is 1. The third-order valence-corrected chi connectivity index (χ3v) is 2.93. The summed E-state index contributed by atoms with van der Waals surface area (Å²) in [6.45, 7) is 4.64. The molecule has 0 aliphatic rings. The number of methoxy groups -OCH3 is 1. The Morgan fingerprint density at radius 1 is 1.41 bits per heavy atom. The highest BCUT2D eigenvalue weighted by Gasteiger charge is 2.24. The van der Waals surface area contributed by atoms with Gasteiger partial charge >= 0.3 is 0 Å². The molecule has 1 aromatic carbocycles. The fraction of sp³-hybridized carbons (Fsp3) is 0.462. The number of carbonyl (C=O) groups is 1. The summed E-state index contributed by atoms with van der Waals surface area (Å²) < 4.78 is 5.33. The number of nitrogens with one attached hydrogen (secondary N) is 1. The molecule has 0 saturated heterocycles.